The fraction of sp³-hybridized carbons (Fsp3) is 0.857. The zero-order chi connectivity index (χ0) is 6.69. The Balaban J connectivity index is 2.23. The maximum atomic E-state index is 3.87. The monoisotopic (exact) mass is 127 g/mol. The highest BCUT2D eigenvalue weighted by molar-refractivity contribution is 4.74. The highest BCUT2D eigenvalue weighted by atomic mass is 15.1. The molecule has 0 aliphatic carbocycles. The Labute approximate surface area is 57.2 Å². The summed E-state index contributed by atoms with van der Waals surface area (Å²) >= 11 is 0. The maximum Gasteiger partial charge on any atom is 0.0117 e. The van der Waals surface area contributed by atoms with Crippen molar-refractivity contribution >= 4 is 0 Å². The summed E-state index contributed by atoms with van der Waals surface area (Å²) in [6, 6.07) is 0.714. The fourth-order valence-corrected chi connectivity index (χ4v) is 1.25. The average Bonchev–Trinajstić information content (AvgIpc) is 1.90. The van der Waals surface area contributed by atoms with E-state index in [9.17, 15) is 0 Å². The van der Waals surface area contributed by atoms with Crippen molar-refractivity contribution in [1.29, 1.82) is 0 Å². The summed E-state index contributed by atoms with van der Waals surface area (Å²) in [5.74, 6) is 0. The normalized spacial score (nSPS) is 23.0. The van der Waals surface area contributed by atoms with E-state index in [1.54, 1.807) is 0 Å². The molecule has 0 amide bonds. The van der Waals surface area contributed by atoms with E-state index in [0.29, 0.717) is 6.04 Å². The van der Waals surface area contributed by atoms with Crippen LogP contribution in [0.15, 0.2) is 0 Å². The molecule has 1 fully saturated rings. The zero-order valence-electron chi connectivity index (χ0n) is 6.06. The van der Waals surface area contributed by atoms with Gasteiger partial charge in [0.15, 0.2) is 0 Å². The van der Waals surface area contributed by atoms with E-state index in [1.165, 1.54) is 12.8 Å². The summed E-state index contributed by atoms with van der Waals surface area (Å²) in [6.07, 6.45) is 2.50. The molecule has 0 aromatic carbocycles. The largest absolute Gasteiger partial charge is 0.317 e. The Morgan fingerprint density at radius 1 is 1.44 bits per heavy atom. The second kappa shape index (κ2) is 3.18. The molecular weight excluding hydrogens is 112 g/mol. The molecular formula is C7H15N2. The van der Waals surface area contributed by atoms with Gasteiger partial charge in [0.05, 0.1) is 0 Å². The van der Waals surface area contributed by atoms with Gasteiger partial charge in [-0.25, -0.2) is 0 Å². The molecule has 0 spiro atoms. The van der Waals surface area contributed by atoms with E-state index in [1.807, 2.05) is 0 Å². The number of nitrogens with zero attached hydrogens (tertiary/aromatic N) is 1. The molecule has 9 heavy (non-hydrogen) atoms. The van der Waals surface area contributed by atoms with E-state index in [0.717, 1.165) is 13.1 Å². The minimum atomic E-state index is 0.714. The molecule has 0 atom stereocenters. The average molecular weight is 127 g/mol. The fourth-order valence-electron chi connectivity index (χ4n) is 1.25. The Hall–Kier alpha value is -0.0800. The van der Waals surface area contributed by atoms with Gasteiger partial charge in [0.25, 0.3) is 0 Å². The SMILES string of the molecule is [CH2]N(C)C1CCNCC1. The van der Waals surface area contributed by atoms with Crippen molar-refractivity contribution in [3.05, 3.63) is 7.05 Å². The summed E-state index contributed by atoms with van der Waals surface area (Å²) in [4.78, 5) is 2.07. The van der Waals surface area contributed by atoms with Gasteiger partial charge in [0.2, 0.25) is 0 Å². The summed E-state index contributed by atoms with van der Waals surface area (Å²) in [5, 5.41) is 3.32. The van der Waals surface area contributed by atoms with Crippen LogP contribution in [-0.4, -0.2) is 31.1 Å². The first-order chi connectivity index (χ1) is 4.30. The maximum absolute atomic E-state index is 3.87. The molecule has 53 valence electrons. The van der Waals surface area contributed by atoms with Gasteiger partial charge >= 0.3 is 0 Å². The van der Waals surface area contributed by atoms with Crippen LogP contribution < -0.4 is 5.32 Å². The van der Waals surface area contributed by atoms with Crippen molar-refractivity contribution in [3.63, 3.8) is 0 Å². The molecule has 0 saturated carbocycles. The highest BCUT2D eigenvalue weighted by Gasteiger charge is 2.13. The molecule has 1 radical (unpaired) electrons. The lowest BCUT2D eigenvalue weighted by Crippen LogP contribution is -2.38. The van der Waals surface area contributed by atoms with Crippen LogP contribution in [0.5, 0.6) is 0 Å². The molecule has 1 rings (SSSR count). The third kappa shape index (κ3) is 1.95. The van der Waals surface area contributed by atoms with Crippen LogP contribution in [0, 0.1) is 7.05 Å². The predicted molar refractivity (Wildman–Crippen MR) is 39.0 cm³/mol. The van der Waals surface area contributed by atoms with E-state index in [4.69, 9.17) is 0 Å². The van der Waals surface area contributed by atoms with E-state index >= 15 is 0 Å². The number of piperidine rings is 1. The minimum absolute atomic E-state index is 0.714. The third-order valence-corrected chi connectivity index (χ3v) is 1.93. The van der Waals surface area contributed by atoms with Crippen LogP contribution in [0.2, 0.25) is 0 Å². The Morgan fingerprint density at radius 3 is 2.33 bits per heavy atom. The molecule has 0 aromatic heterocycles. The number of nitrogens with one attached hydrogen (secondary N) is 1. The van der Waals surface area contributed by atoms with Crippen LogP contribution in [0.25, 0.3) is 0 Å². The van der Waals surface area contributed by atoms with Crippen LogP contribution in [0.4, 0.5) is 0 Å². The zero-order valence-corrected chi connectivity index (χ0v) is 6.06. The van der Waals surface area contributed by atoms with Gasteiger partial charge in [-0.1, -0.05) is 0 Å². The lowest BCUT2D eigenvalue weighted by atomic mass is 10.1. The first kappa shape index (κ1) is 7.03. The molecule has 1 aliphatic heterocycles. The van der Waals surface area contributed by atoms with Gasteiger partial charge in [-0.05, 0) is 33.0 Å². The summed E-state index contributed by atoms with van der Waals surface area (Å²) in [7, 11) is 5.92. The van der Waals surface area contributed by atoms with Gasteiger partial charge in [-0.15, -0.1) is 0 Å². The van der Waals surface area contributed by atoms with Gasteiger partial charge < -0.3 is 10.2 Å². The Morgan fingerprint density at radius 2 is 2.00 bits per heavy atom. The number of hydrogen-bond acceptors (Lipinski definition) is 2. The van der Waals surface area contributed by atoms with Crippen LogP contribution in [0.3, 0.4) is 0 Å². The van der Waals surface area contributed by atoms with Crippen LogP contribution >= 0.6 is 0 Å². The van der Waals surface area contributed by atoms with Gasteiger partial charge in [-0.3, -0.25) is 0 Å². The second-order valence-corrected chi connectivity index (χ2v) is 2.74. The molecule has 0 bridgehead atoms. The molecule has 1 N–H and O–H groups in total. The molecule has 2 heteroatoms. The van der Waals surface area contributed by atoms with Gasteiger partial charge in [0, 0.05) is 13.1 Å². The van der Waals surface area contributed by atoms with Gasteiger partial charge in [-0.2, -0.15) is 0 Å². The summed E-state index contributed by atoms with van der Waals surface area (Å²) in [5.41, 5.74) is 0. The van der Waals surface area contributed by atoms with Crippen molar-refractivity contribution in [2.75, 3.05) is 20.1 Å². The first-order valence-corrected chi connectivity index (χ1v) is 3.55. The Bertz CT molecular complexity index is 75.0. The van der Waals surface area contributed by atoms with Crippen molar-refractivity contribution in [3.8, 4) is 0 Å². The van der Waals surface area contributed by atoms with E-state index < -0.39 is 0 Å². The van der Waals surface area contributed by atoms with E-state index in [-0.39, 0.29) is 0 Å². The van der Waals surface area contributed by atoms with Crippen molar-refractivity contribution in [2.45, 2.75) is 18.9 Å². The standard InChI is InChI=1S/C7H15N2/c1-9(2)7-3-5-8-6-4-7/h7-8H,1,3-6H2,2H3. The summed E-state index contributed by atoms with van der Waals surface area (Å²) in [6.45, 7) is 2.31. The van der Waals surface area contributed by atoms with Gasteiger partial charge in [0.1, 0.15) is 0 Å². The van der Waals surface area contributed by atoms with Crippen LogP contribution in [0.1, 0.15) is 12.8 Å². The quantitative estimate of drug-likeness (QED) is 0.550. The third-order valence-electron chi connectivity index (χ3n) is 1.93. The van der Waals surface area contributed by atoms with Crippen molar-refractivity contribution in [2.24, 2.45) is 0 Å². The molecule has 1 saturated heterocycles. The van der Waals surface area contributed by atoms with Crippen LogP contribution in [-0.2, 0) is 0 Å². The molecule has 1 aliphatic rings. The lowest BCUT2D eigenvalue weighted by molar-refractivity contribution is 0.260. The number of hydrogen-bond donors (Lipinski definition) is 1. The minimum Gasteiger partial charge on any atom is -0.317 e. The smallest absolute Gasteiger partial charge is 0.0117 e. The lowest BCUT2D eigenvalue weighted by Gasteiger charge is -2.28. The second-order valence-electron chi connectivity index (χ2n) is 2.74. The van der Waals surface area contributed by atoms with Crippen molar-refractivity contribution < 1.29 is 0 Å². The van der Waals surface area contributed by atoms with E-state index in [2.05, 4.69) is 24.3 Å². The molecule has 2 nitrogen and oxygen atoms in total. The molecule has 1 heterocycles. The molecule has 0 unspecified atom stereocenters. The Kier molecular flexibility index (Phi) is 2.49. The molecule has 0 aromatic rings. The van der Waals surface area contributed by atoms with Crippen molar-refractivity contribution in [1.82, 2.24) is 10.2 Å². The highest BCUT2D eigenvalue weighted by Crippen LogP contribution is 2.07. The first-order valence-electron chi connectivity index (χ1n) is 3.55. The topological polar surface area (TPSA) is 15.3 Å². The number of rotatable bonds is 1. The summed E-state index contributed by atoms with van der Waals surface area (Å²) < 4.78 is 0. The predicted octanol–water partition coefficient (Wildman–Crippen LogP) is 0.462.